The van der Waals surface area contributed by atoms with Gasteiger partial charge >= 0.3 is 0 Å². The minimum Gasteiger partial charge on any atom is -0.313 e. The van der Waals surface area contributed by atoms with Crippen LogP contribution in [0.5, 0.6) is 0 Å². The van der Waals surface area contributed by atoms with E-state index in [1.165, 1.54) is 53.9 Å². The highest BCUT2D eigenvalue weighted by molar-refractivity contribution is 7.22. The molecular weight excluding hydrogens is 384 g/mol. The minimum absolute atomic E-state index is 1.02. The number of para-hydroxylation sites is 1. The third-order valence-corrected chi connectivity index (χ3v) is 7.48. The van der Waals surface area contributed by atoms with Gasteiger partial charge in [-0.1, -0.05) is 48.0 Å². The summed E-state index contributed by atoms with van der Waals surface area (Å²) in [6, 6.07) is 26.9. The molecule has 1 aliphatic rings. The zero-order chi connectivity index (χ0) is 20.2. The molecule has 2 nitrogen and oxygen atoms in total. The molecule has 0 aliphatic carbocycles. The molecule has 148 valence electrons. The Balaban J connectivity index is 1.64. The summed E-state index contributed by atoms with van der Waals surface area (Å²) < 4.78 is 3.88. The molecule has 0 N–H and O–H groups in total. The van der Waals surface area contributed by atoms with Crippen molar-refractivity contribution in [1.29, 1.82) is 0 Å². The van der Waals surface area contributed by atoms with Crippen LogP contribution in [0.2, 0.25) is 0 Å². The van der Waals surface area contributed by atoms with Gasteiger partial charge in [-0.05, 0) is 55.3 Å². The van der Waals surface area contributed by atoms with Gasteiger partial charge in [0.1, 0.15) is 0 Å². The third kappa shape index (κ3) is 2.73. The normalized spacial score (nSPS) is 14.5. The fraction of sp³-hybridized carbons (Fsp3) is 0.185. The Hall–Kier alpha value is -2.88. The van der Waals surface area contributed by atoms with Gasteiger partial charge in [0.15, 0.2) is 0 Å². The van der Waals surface area contributed by atoms with E-state index in [2.05, 4.69) is 96.2 Å². The first kappa shape index (κ1) is 17.9. The number of fused-ring (bicyclic) bond motifs is 4. The van der Waals surface area contributed by atoms with E-state index in [0.717, 1.165) is 19.5 Å². The maximum absolute atomic E-state index is 2.54. The summed E-state index contributed by atoms with van der Waals surface area (Å²) in [4.78, 5) is 3.77. The number of benzene rings is 3. The molecule has 0 fully saturated rings. The molecule has 0 spiro atoms. The van der Waals surface area contributed by atoms with Gasteiger partial charge in [0.2, 0.25) is 0 Å². The van der Waals surface area contributed by atoms with Crippen LogP contribution in [0.15, 0.2) is 72.8 Å². The zero-order valence-electron chi connectivity index (χ0n) is 17.4. The van der Waals surface area contributed by atoms with Crippen molar-refractivity contribution in [1.82, 2.24) is 9.47 Å². The number of likely N-dealkylation sites (N-methyl/N-ethyl adjacent to an activating group) is 1. The van der Waals surface area contributed by atoms with E-state index >= 15 is 0 Å². The average Bonchev–Trinajstić information content (AvgIpc) is 3.32. The molecule has 0 bridgehead atoms. The van der Waals surface area contributed by atoms with Crippen LogP contribution in [0, 0.1) is 6.92 Å². The quantitative estimate of drug-likeness (QED) is 0.311. The molecule has 0 amide bonds. The van der Waals surface area contributed by atoms with E-state index in [-0.39, 0.29) is 0 Å². The Bertz CT molecular complexity index is 1370. The number of aryl methyl sites for hydroxylation is 1. The van der Waals surface area contributed by atoms with Gasteiger partial charge in [-0.15, -0.1) is 11.3 Å². The van der Waals surface area contributed by atoms with Crippen LogP contribution in [-0.2, 0) is 13.0 Å². The average molecular weight is 409 g/mol. The van der Waals surface area contributed by atoms with Crippen LogP contribution >= 0.6 is 11.3 Å². The highest BCUT2D eigenvalue weighted by atomic mass is 32.1. The molecule has 3 heteroatoms. The van der Waals surface area contributed by atoms with Crippen molar-refractivity contribution < 1.29 is 0 Å². The molecule has 3 aromatic carbocycles. The SMILES string of the molecule is Cc1ccc2c(c1)c1c(n2-c2ccccc2-c2cc3ccccc3s2)CCN(C)C1. The number of hydrogen-bond donors (Lipinski definition) is 0. The summed E-state index contributed by atoms with van der Waals surface area (Å²) >= 11 is 1.89. The molecule has 0 atom stereocenters. The maximum Gasteiger partial charge on any atom is 0.0545 e. The van der Waals surface area contributed by atoms with E-state index in [4.69, 9.17) is 0 Å². The lowest BCUT2D eigenvalue weighted by Crippen LogP contribution is -2.27. The lowest BCUT2D eigenvalue weighted by Gasteiger charge is -2.24. The van der Waals surface area contributed by atoms with Gasteiger partial charge in [0, 0.05) is 45.7 Å². The van der Waals surface area contributed by atoms with Gasteiger partial charge in [-0.3, -0.25) is 0 Å². The van der Waals surface area contributed by atoms with E-state index < -0.39 is 0 Å². The molecule has 30 heavy (non-hydrogen) atoms. The van der Waals surface area contributed by atoms with Crippen molar-refractivity contribution in [2.75, 3.05) is 13.6 Å². The number of thiophene rings is 1. The number of aromatic nitrogens is 1. The lowest BCUT2D eigenvalue weighted by molar-refractivity contribution is 0.311. The van der Waals surface area contributed by atoms with Crippen molar-refractivity contribution in [3.8, 4) is 16.1 Å². The van der Waals surface area contributed by atoms with Crippen LogP contribution in [0.25, 0.3) is 37.1 Å². The smallest absolute Gasteiger partial charge is 0.0545 e. The monoisotopic (exact) mass is 408 g/mol. The first-order chi connectivity index (χ1) is 14.7. The molecule has 0 unspecified atom stereocenters. The van der Waals surface area contributed by atoms with Gasteiger partial charge in [0.25, 0.3) is 0 Å². The largest absolute Gasteiger partial charge is 0.313 e. The summed E-state index contributed by atoms with van der Waals surface area (Å²) in [5, 5.41) is 2.73. The van der Waals surface area contributed by atoms with E-state index in [9.17, 15) is 0 Å². The lowest BCUT2D eigenvalue weighted by atomic mass is 10.0. The fourth-order valence-electron chi connectivity index (χ4n) is 4.87. The van der Waals surface area contributed by atoms with Gasteiger partial charge in [0.05, 0.1) is 11.2 Å². The Morgan fingerprint density at radius 3 is 2.63 bits per heavy atom. The predicted molar refractivity (Wildman–Crippen MR) is 129 cm³/mol. The Morgan fingerprint density at radius 2 is 1.73 bits per heavy atom. The number of nitrogens with zero attached hydrogens (tertiary/aromatic N) is 2. The second-order valence-electron chi connectivity index (χ2n) is 8.43. The maximum atomic E-state index is 2.54. The third-order valence-electron chi connectivity index (χ3n) is 6.33. The topological polar surface area (TPSA) is 8.17 Å². The van der Waals surface area contributed by atoms with Crippen LogP contribution in [0.3, 0.4) is 0 Å². The fourth-order valence-corrected chi connectivity index (χ4v) is 5.97. The Morgan fingerprint density at radius 1 is 0.900 bits per heavy atom. The van der Waals surface area contributed by atoms with E-state index in [0.29, 0.717) is 0 Å². The second kappa shape index (κ2) is 6.83. The molecule has 0 radical (unpaired) electrons. The van der Waals surface area contributed by atoms with Gasteiger partial charge in [-0.2, -0.15) is 0 Å². The number of hydrogen-bond acceptors (Lipinski definition) is 2. The minimum atomic E-state index is 1.02. The second-order valence-corrected chi connectivity index (χ2v) is 9.52. The van der Waals surface area contributed by atoms with Crippen LogP contribution in [0.1, 0.15) is 16.8 Å². The van der Waals surface area contributed by atoms with Gasteiger partial charge in [-0.25, -0.2) is 0 Å². The Labute approximate surface area is 181 Å². The predicted octanol–water partition coefficient (Wildman–Crippen LogP) is 6.81. The van der Waals surface area contributed by atoms with E-state index in [1.54, 1.807) is 0 Å². The van der Waals surface area contributed by atoms with Crippen LogP contribution in [0.4, 0.5) is 0 Å². The van der Waals surface area contributed by atoms with E-state index in [1.807, 2.05) is 11.3 Å². The van der Waals surface area contributed by atoms with Crippen molar-refractivity contribution in [2.24, 2.45) is 0 Å². The highest BCUT2D eigenvalue weighted by Gasteiger charge is 2.24. The summed E-state index contributed by atoms with van der Waals surface area (Å²) in [5.41, 5.74) is 8.24. The first-order valence-electron chi connectivity index (χ1n) is 10.6. The van der Waals surface area contributed by atoms with Gasteiger partial charge < -0.3 is 9.47 Å². The zero-order valence-corrected chi connectivity index (χ0v) is 18.2. The highest BCUT2D eigenvalue weighted by Crippen LogP contribution is 2.40. The molecule has 5 aromatic rings. The molecule has 1 aliphatic heterocycles. The molecule has 2 aromatic heterocycles. The first-order valence-corrected chi connectivity index (χ1v) is 11.4. The van der Waals surface area contributed by atoms with Crippen LogP contribution in [-0.4, -0.2) is 23.1 Å². The molecule has 3 heterocycles. The number of rotatable bonds is 2. The van der Waals surface area contributed by atoms with Crippen molar-refractivity contribution in [3.63, 3.8) is 0 Å². The summed E-state index contributed by atoms with van der Waals surface area (Å²) in [5.74, 6) is 0. The Kier molecular flexibility index (Phi) is 4.08. The van der Waals surface area contributed by atoms with Crippen molar-refractivity contribution in [3.05, 3.63) is 89.6 Å². The van der Waals surface area contributed by atoms with Crippen LogP contribution < -0.4 is 0 Å². The van der Waals surface area contributed by atoms with Crippen molar-refractivity contribution >= 4 is 32.3 Å². The molecular formula is C27H24N2S. The molecule has 0 saturated carbocycles. The molecule has 6 rings (SSSR count). The standard InChI is InChI=1S/C27H24N2S/c1-18-11-12-24-21(15-18)22-17-28(2)14-13-25(22)29(24)23-9-5-4-8-20(23)27-16-19-7-3-6-10-26(19)30-27/h3-12,15-16H,13-14,17H2,1-2H3. The summed E-state index contributed by atoms with van der Waals surface area (Å²) in [6.45, 7) is 4.32. The summed E-state index contributed by atoms with van der Waals surface area (Å²) in [6.07, 6.45) is 1.08. The molecule has 0 saturated heterocycles. The summed E-state index contributed by atoms with van der Waals surface area (Å²) in [7, 11) is 2.23. The van der Waals surface area contributed by atoms with Crippen molar-refractivity contribution in [2.45, 2.75) is 19.9 Å².